The average Bonchev–Trinajstić information content (AvgIpc) is 2.30. The molecule has 2 N–H and O–H groups in total. The summed E-state index contributed by atoms with van der Waals surface area (Å²) in [5.74, 6) is 1.03. The first kappa shape index (κ1) is 14.4. The number of hydrogen-bond acceptors (Lipinski definition) is 4. The van der Waals surface area contributed by atoms with E-state index in [-0.39, 0.29) is 0 Å². The van der Waals surface area contributed by atoms with Gasteiger partial charge in [-0.15, -0.1) is 11.8 Å². The fourth-order valence-corrected chi connectivity index (χ4v) is 2.26. The SMILES string of the molecule is COCCOCCCSc1ccc(C)cc1N. The number of thioether (sulfide) groups is 1. The first-order valence-electron chi connectivity index (χ1n) is 5.79. The van der Waals surface area contributed by atoms with E-state index in [9.17, 15) is 0 Å². The van der Waals surface area contributed by atoms with Crippen molar-refractivity contribution in [2.45, 2.75) is 18.2 Å². The number of rotatable bonds is 8. The third-order valence-corrected chi connectivity index (χ3v) is 3.46. The van der Waals surface area contributed by atoms with Gasteiger partial charge in [0.15, 0.2) is 0 Å². The second kappa shape index (κ2) is 8.39. The molecule has 0 amide bonds. The fraction of sp³-hybridized carbons (Fsp3) is 0.538. The van der Waals surface area contributed by atoms with Crippen molar-refractivity contribution in [1.29, 1.82) is 0 Å². The summed E-state index contributed by atoms with van der Waals surface area (Å²) in [7, 11) is 1.68. The summed E-state index contributed by atoms with van der Waals surface area (Å²) in [6, 6.07) is 6.19. The van der Waals surface area contributed by atoms with E-state index in [1.165, 1.54) is 5.56 Å². The van der Waals surface area contributed by atoms with Gasteiger partial charge >= 0.3 is 0 Å². The van der Waals surface area contributed by atoms with Crippen molar-refractivity contribution in [3.63, 3.8) is 0 Å². The van der Waals surface area contributed by atoms with Crippen LogP contribution in [-0.4, -0.2) is 32.7 Å². The zero-order valence-corrected chi connectivity index (χ0v) is 11.4. The van der Waals surface area contributed by atoms with Crippen LogP contribution in [0.5, 0.6) is 0 Å². The van der Waals surface area contributed by atoms with Crippen molar-refractivity contribution in [2.24, 2.45) is 0 Å². The van der Waals surface area contributed by atoms with Crippen LogP contribution in [0.15, 0.2) is 23.1 Å². The summed E-state index contributed by atoms with van der Waals surface area (Å²) >= 11 is 1.78. The van der Waals surface area contributed by atoms with Crippen LogP contribution in [0.2, 0.25) is 0 Å². The quantitative estimate of drug-likeness (QED) is 0.441. The van der Waals surface area contributed by atoms with Gasteiger partial charge in [0.2, 0.25) is 0 Å². The Labute approximate surface area is 108 Å². The monoisotopic (exact) mass is 255 g/mol. The lowest BCUT2D eigenvalue weighted by Gasteiger charge is -2.06. The van der Waals surface area contributed by atoms with Gasteiger partial charge in [0.25, 0.3) is 0 Å². The summed E-state index contributed by atoms with van der Waals surface area (Å²) in [5, 5.41) is 0. The molecule has 1 rings (SSSR count). The second-order valence-corrected chi connectivity index (χ2v) is 4.99. The van der Waals surface area contributed by atoms with Crippen LogP contribution in [0.4, 0.5) is 5.69 Å². The van der Waals surface area contributed by atoms with Crippen LogP contribution in [0.25, 0.3) is 0 Å². The van der Waals surface area contributed by atoms with Gasteiger partial charge in [-0.25, -0.2) is 0 Å². The van der Waals surface area contributed by atoms with Crippen LogP contribution in [0.3, 0.4) is 0 Å². The molecule has 1 aromatic rings. The topological polar surface area (TPSA) is 44.5 Å². The first-order valence-corrected chi connectivity index (χ1v) is 6.78. The van der Waals surface area contributed by atoms with Gasteiger partial charge < -0.3 is 15.2 Å². The van der Waals surface area contributed by atoms with Gasteiger partial charge in [0.1, 0.15) is 0 Å². The highest BCUT2D eigenvalue weighted by atomic mass is 32.2. The molecule has 0 saturated heterocycles. The van der Waals surface area contributed by atoms with Gasteiger partial charge in [-0.05, 0) is 31.0 Å². The highest BCUT2D eigenvalue weighted by Gasteiger charge is 1.99. The van der Waals surface area contributed by atoms with Gasteiger partial charge in [-0.2, -0.15) is 0 Å². The standard InChI is InChI=1S/C13H21NO2S/c1-11-4-5-13(12(14)10-11)17-9-3-6-16-8-7-15-2/h4-5,10H,3,6-9,14H2,1-2H3. The number of hydrogen-bond donors (Lipinski definition) is 1. The van der Waals surface area contributed by atoms with E-state index < -0.39 is 0 Å². The molecule has 0 aliphatic carbocycles. The fourth-order valence-electron chi connectivity index (χ4n) is 1.39. The van der Waals surface area contributed by atoms with Crippen LogP contribution in [-0.2, 0) is 9.47 Å². The Kier molecular flexibility index (Phi) is 7.08. The van der Waals surface area contributed by atoms with Crippen molar-refractivity contribution in [3.8, 4) is 0 Å². The number of nitrogens with two attached hydrogens (primary N) is 1. The lowest BCUT2D eigenvalue weighted by atomic mass is 10.2. The Balaban J connectivity index is 2.14. The molecule has 1 aromatic carbocycles. The number of nitrogen functional groups attached to an aromatic ring is 1. The van der Waals surface area contributed by atoms with E-state index in [0.29, 0.717) is 13.2 Å². The maximum atomic E-state index is 5.93. The zero-order chi connectivity index (χ0) is 12.5. The largest absolute Gasteiger partial charge is 0.398 e. The predicted octanol–water partition coefficient (Wildman–Crippen LogP) is 2.72. The molecular weight excluding hydrogens is 234 g/mol. The molecule has 0 radical (unpaired) electrons. The number of methoxy groups -OCH3 is 1. The predicted molar refractivity (Wildman–Crippen MR) is 73.6 cm³/mol. The molecule has 0 spiro atoms. The third kappa shape index (κ3) is 5.96. The second-order valence-electron chi connectivity index (χ2n) is 3.85. The summed E-state index contributed by atoms with van der Waals surface area (Å²) < 4.78 is 10.3. The van der Waals surface area contributed by atoms with Crippen molar-refractivity contribution in [2.75, 3.05) is 38.4 Å². The molecule has 0 aliphatic rings. The van der Waals surface area contributed by atoms with Gasteiger partial charge in [-0.3, -0.25) is 0 Å². The maximum Gasteiger partial charge on any atom is 0.0700 e. The van der Waals surface area contributed by atoms with Crippen molar-refractivity contribution in [1.82, 2.24) is 0 Å². The van der Waals surface area contributed by atoms with Crippen molar-refractivity contribution >= 4 is 17.4 Å². The average molecular weight is 255 g/mol. The Bertz CT molecular complexity index is 331. The van der Waals surface area contributed by atoms with E-state index in [4.69, 9.17) is 15.2 Å². The molecule has 0 aliphatic heterocycles. The van der Waals surface area contributed by atoms with Gasteiger partial charge in [0.05, 0.1) is 13.2 Å². The molecule has 3 nitrogen and oxygen atoms in total. The smallest absolute Gasteiger partial charge is 0.0700 e. The summed E-state index contributed by atoms with van der Waals surface area (Å²) in [6.45, 7) is 4.17. The van der Waals surface area contributed by atoms with Crippen molar-refractivity contribution in [3.05, 3.63) is 23.8 Å². The zero-order valence-electron chi connectivity index (χ0n) is 10.6. The van der Waals surface area contributed by atoms with Crippen LogP contribution < -0.4 is 5.73 Å². The van der Waals surface area contributed by atoms with Crippen LogP contribution in [0.1, 0.15) is 12.0 Å². The Hall–Kier alpha value is -0.710. The molecule has 17 heavy (non-hydrogen) atoms. The number of aryl methyl sites for hydroxylation is 1. The Morgan fingerprint density at radius 1 is 1.24 bits per heavy atom. The van der Waals surface area contributed by atoms with E-state index in [2.05, 4.69) is 19.1 Å². The molecule has 0 atom stereocenters. The summed E-state index contributed by atoms with van der Waals surface area (Å²) in [6.07, 6.45) is 1.03. The molecule has 0 heterocycles. The minimum absolute atomic E-state index is 0.665. The molecular formula is C13H21NO2S. The van der Waals surface area contributed by atoms with Crippen LogP contribution in [0, 0.1) is 6.92 Å². The number of benzene rings is 1. The molecule has 96 valence electrons. The van der Waals surface area contributed by atoms with Crippen LogP contribution >= 0.6 is 11.8 Å². The van der Waals surface area contributed by atoms with E-state index in [1.54, 1.807) is 18.9 Å². The minimum atomic E-state index is 0.665. The molecule has 0 unspecified atom stereocenters. The number of anilines is 1. The van der Waals surface area contributed by atoms with Crippen molar-refractivity contribution < 1.29 is 9.47 Å². The number of ether oxygens (including phenoxy) is 2. The van der Waals surface area contributed by atoms with E-state index in [0.717, 1.165) is 29.4 Å². The van der Waals surface area contributed by atoms with E-state index >= 15 is 0 Å². The normalized spacial score (nSPS) is 10.7. The van der Waals surface area contributed by atoms with Gasteiger partial charge in [-0.1, -0.05) is 6.07 Å². The summed E-state index contributed by atoms with van der Waals surface area (Å²) in [4.78, 5) is 1.16. The lowest BCUT2D eigenvalue weighted by molar-refractivity contribution is 0.0713. The third-order valence-electron chi connectivity index (χ3n) is 2.29. The Morgan fingerprint density at radius 2 is 2.06 bits per heavy atom. The Morgan fingerprint density at radius 3 is 2.76 bits per heavy atom. The van der Waals surface area contributed by atoms with Gasteiger partial charge in [0, 0.05) is 30.1 Å². The highest BCUT2D eigenvalue weighted by Crippen LogP contribution is 2.26. The molecule has 0 fully saturated rings. The minimum Gasteiger partial charge on any atom is -0.398 e. The summed E-state index contributed by atoms with van der Waals surface area (Å²) in [5.41, 5.74) is 8.01. The highest BCUT2D eigenvalue weighted by molar-refractivity contribution is 7.99. The molecule has 0 saturated carbocycles. The molecule has 0 aromatic heterocycles. The first-order chi connectivity index (χ1) is 8.24. The van der Waals surface area contributed by atoms with E-state index in [1.807, 2.05) is 6.07 Å². The molecule has 4 heteroatoms. The maximum absolute atomic E-state index is 5.93. The molecule has 0 bridgehead atoms. The lowest BCUT2D eigenvalue weighted by Crippen LogP contribution is -2.03.